The van der Waals surface area contributed by atoms with Crippen LogP contribution in [-0.2, 0) is 6.42 Å². The van der Waals surface area contributed by atoms with Crippen molar-refractivity contribution in [3.63, 3.8) is 0 Å². The minimum absolute atomic E-state index is 0.195. The molecule has 1 aromatic heterocycles. The Morgan fingerprint density at radius 1 is 1.22 bits per heavy atom. The van der Waals surface area contributed by atoms with E-state index in [4.69, 9.17) is 11.6 Å². The van der Waals surface area contributed by atoms with Gasteiger partial charge < -0.3 is 5.32 Å². The molecule has 1 aromatic rings. The first-order valence-electron chi connectivity index (χ1n) is 6.59. The molecule has 3 heteroatoms. The van der Waals surface area contributed by atoms with Crippen molar-refractivity contribution in [3.05, 3.63) is 20.8 Å². The molecule has 1 heterocycles. The van der Waals surface area contributed by atoms with Crippen molar-refractivity contribution >= 4 is 22.9 Å². The molecule has 0 bridgehead atoms. The summed E-state index contributed by atoms with van der Waals surface area (Å²) in [6, 6.07) is 2.22. The summed E-state index contributed by atoms with van der Waals surface area (Å²) >= 11 is 7.83. The quantitative estimate of drug-likeness (QED) is 0.798. The molecule has 18 heavy (non-hydrogen) atoms. The van der Waals surface area contributed by atoms with E-state index in [9.17, 15) is 0 Å². The number of rotatable bonds is 5. The molecule has 0 radical (unpaired) electrons. The van der Waals surface area contributed by atoms with Crippen LogP contribution in [-0.4, -0.2) is 12.1 Å². The van der Waals surface area contributed by atoms with E-state index in [1.807, 2.05) is 0 Å². The largest absolute Gasteiger partial charge is 0.312 e. The van der Waals surface area contributed by atoms with Gasteiger partial charge in [0.2, 0.25) is 0 Å². The fraction of sp³-hybridized carbons (Fsp3) is 0.733. The molecule has 1 rings (SSSR count). The van der Waals surface area contributed by atoms with E-state index in [-0.39, 0.29) is 5.54 Å². The molecule has 0 fully saturated rings. The predicted molar refractivity (Wildman–Crippen MR) is 83.9 cm³/mol. The minimum atomic E-state index is 0.195. The number of nitrogens with one attached hydrogen (secondary N) is 1. The van der Waals surface area contributed by atoms with Gasteiger partial charge in [0.25, 0.3) is 0 Å². The molecule has 0 spiro atoms. The summed E-state index contributed by atoms with van der Waals surface area (Å²) < 4.78 is 0.940. The van der Waals surface area contributed by atoms with Crippen molar-refractivity contribution in [1.82, 2.24) is 5.32 Å². The Hall–Kier alpha value is -0.0500. The molecular formula is C15H26ClNS. The van der Waals surface area contributed by atoms with Crippen LogP contribution in [0, 0.1) is 12.3 Å². The Labute approximate surface area is 121 Å². The fourth-order valence-corrected chi connectivity index (χ4v) is 2.94. The molecule has 0 atom stereocenters. The summed E-state index contributed by atoms with van der Waals surface area (Å²) in [6.45, 7) is 14.4. The Morgan fingerprint density at radius 3 is 2.28 bits per heavy atom. The summed E-state index contributed by atoms with van der Waals surface area (Å²) in [4.78, 5) is 1.40. The zero-order valence-corrected chi connectivity index (χ0v) is 14.1. The number of hydrogen-bond acceptors (Lipinski definition) is 2. The molecule has 1 N–H and O–H groups in total. The molecule has 104 valence electrons. The number of thiophene rings is 1. The van der Waals surface area contributed by atoms with Gasteiger partial charge in [-0.3, -0.25) is 0 Å². The summed E-state index contributed by atoms with van der Waals surface area (Å²) in [5.74, 6) is 0. The van der Waals surface area contributed by atoms with Gasteiger partial charge in [-0.2, -0.15) is 0 Å². The maximum absolute atomic E-state index is 6.11. The molecule has 1 nitrogen and oxygen atoms in total. The van der Waals surface area contributed by atoms with Crippen LogP contribution < -0.4 is 5.32 Å². The van der Waals surface area contributed by atoms with Crippen LogP contribution in [0.1, 0.15) is 51.5 Å². The lowest BCUT2D eigenvalue weighted by Gasteiger charge is -2.30. The highest BCUT2D eigenvalue weighted by molar-refractivity contribution is 7.16. The topological polar surface area (TPSA) is 12.0 Å². The van der Waals surface area contributed by atoms with Crippen LogP contribution in [0.2, 0.25) is 4.34 Å². The second kappa shape index (κ2) is 5.94. The maximum Gasteiger partial charge on any atom is 0.0960 e. The van der Waals surface area contributed by atoms with E-state index < -0.39 is 0 Å². The van der Waals surface area contributed by atoms with Gasteiger partial charge in [0.1, 0.15) is 0 Å². The van der Waals surface area contributed by atoms with Crippen LogP contribution in [0.15, 0.2) is 6.07 Å². The van der Waals surface area contributed by atoms with E-state index in [0.717, 1.165) is 17.3 Å². The van der Waals surface area contributed by atoms with Crippen LogP contribution in [0.25, 0.3) is 0 Å². The summed E-state index contributed by atoms with van der Waals surface area (Å²) in [7, 11) is 0. The molecule has 0 aliphatic heterocycles. The van der Waals surface area contributed by atoms with Crippen molar-refractivity contribution in [2.24, 2.45) is 5.41 Å². The molecule has 0 saturated carbocycles. The van der Waals surface area contributed by atoms with Gasteiger partial charge in [0.05, 0.1) is 4.34 Å². The van der Waals surface area contributed by atoms with Crippen molar-refractivity contribution in [2.75, 3.05) is 6.54 Å². The number of halogens is 1. The van der Waals surface area contributed by atoms with Crippen LogP contribution >= 0.6 is 22.9 Å². The highest BCUT2D eigenvalue weighted by atomic mass is 35.5. The second-order valence-electron chi connectivity index (χ2n) is 6.94. The third kappa shape index (κ3) is 5.73. The van der Waals surface area contributed by atoms with Gasteiger partial charge in [0, 0.05) is 17.0 Å². The van der Waals surface area contributed by atoms with Crippen LogP contribution in [0.3, 0.4) is 0 Å². The molecule has 0 unspecified atom stereocenters. The van der Waals surface area contributed by atoms with Gasteiger partial charge in [-0.25, -0.2) is 0 Å². The normalized spacial score (nSPS) is 13.1. The Morgan fingerprint density at radius 2 is 1.83 bits per heavy atom. The molecule has 0 aliphatic carbocycles. The van der Waals surface area contributed by atoms with Gasteiger partial charge >= 0.3 is 0 Å². The molecular weight excluding hydrogens is 262 g/mol. The predicted octanol–water partition coefficient (Wildman–Crippen LogP) is 5.06. The highest BCUT2D eigenvalue weighted by Crippen LogP contribution is 2.30. The van der Waals surface area contributed by atoms with E-state index in [0.29, 0.717) is 5.41 Å². The van der Waals surface area contributed by atoms with Crippen molar-refractivity contribution in [1.29, 1.82) is 0 Å². The van der Waals surface area contributed by atoms with E-state index in [1.165, 1.54) is 16.9 Å². The highest BCUT2D eigenvalue weighted by Gasteiger charge is 2.21. The number of aryl methyl sites for hydroxylation is 2. The monoisotopic (exact) mass is 287 g/mol. The molecule has 0 amide bonds. The lowest BCUT2D eigenvalue weighted by atomic mass is 9.86. The van der Waals surface area contributed by atoms with Gasteiger partial charge in [-0.15, -0.1) is 11.3 Å². The Bertz CT molecular complexity index is 368. The molecule has 0 aliphatic rings. The lowest BCUT2D eigenvalue weighted by Crippen LogP contribution is -2.42. The summed E-state index contributed by atoms with van der Waals surface area (Å²) in [6.07, 6.45) is 2.31. The van der Waals surface area contributed by atoms with Crippen LogP contribution in [0.5, 0.6) is 0 Å². The third-order valence-corrected chi connectivity index (χ3v) is 4.67. The first kappa shape index (κ1) is 16.0. The second-order valence-corrected chi connectivity index (χ2v) is 8.68. The average Bonchev–Trinajstić information content (AvgIpc) is 2.53. The SMILES string of the molecule is Cc1cc(CCC(C)(C)CNC(C)(C)C)sc1Cl. The zero-order chi connectivity index (χ0) is 14.0. The van der Waals surface area contributed by atoms with Gasteiger partial charge in [-0.05, 0) is 57.6 Å². The number of hydrogen-bond donors (Lipinski definition) is 1. The van der Waals surface area contributed by atoms with Crippen molar-refractivity contribution < 1.29 is 0 Å². The minimum Gasteiger partial charge on any atom is -0.312 e. The molecule has 0 saturated heterocycles. The lowest BCUT2D eigenvalue weighted by molar-refractivity contribution is 0.274. The van der Waals surface area contributed by atoms with Crippen molar-refractivity contribution in [2.45, 2.75) is 59.9 Å². The Kier molecular flexibility index (Phi) is 5.28. The van der Waals surface area contributed by atoms with Gasteiger partial charge in [0.15, 0.2) is 0 Å². The first-order valence-corrected chi connectivity index (χ1v) is 7.78. The summed E-state index contributed by atoms with van der Waals surface area (Å²) in [5, 5.41) is 3.59. The van der Waals surface area contributed by atoms with E-state index in [1.54, 1.807) is 11.3 Å². The zero-order valence-electron chi connectivity index (χ0n) is 12.5. The summed E-state index contributed by atoms with van der Waals surface area (Å²) in [5.41, 5.74) is 1.72. The van der Waals surface area contributed by atoms with E-state index >= 15 is 0 Å². The van der Waals surface area contributed by atoms with E-state index in [2.05, 4.69) is 52.9 Å². The Balaban J connectivity index is 2.46. The smallest absolute Gasteiger partial charge is 0.0960 e. The standard InChI is InChI=1S/C15H26ClNS/c1-11-9-12(18-13(11)16)7-8-15(5,6)10-17-14(2,3)4/h9,17H,7-8,10H2,1-6H3. The van der Waals surface area contributed by atoms with Gasteiger partial charge in [-0.1, -0.05) is 25.4 Å². The fourth-order valence-electron chi connectivity index (χ4n) is 1.70. The van der Waals surface area contributed by atoms with Crippen LogP contribution in [0.4, 0.5) is 0 Å². The molecule has 0 aromatic carbocycles. The first-order chi connectivity index (χ1) is 8.09. The third-order valence-electron chi connectivity index (χ3n) is 3.05. The maximum atomic E-state index is 6.11. The van der Waals surface area contributed by atoms with Crippen molar-refractivity contribution in [3.8, 4) is 0 Å². The average molecular weight is 288 g/mol.